The lowest BCUT2D eigenvalue weighted by Crippen LogP contribution is -2.06. The van der Waals surface area contributed by atoms with Gasteiger partial charge in [0.15, 0.2) is 0 Å². The molecule has 0 N–H and O–H groups in total. The molecule has 9 heteroatoms. The van der Waals surface area contributed by atoms with Crippen LogP contribution in [0.3, 0.4) is 0 Å². The molecule has 9 nitrogen and oxygen atoms in total. The van der Waals surface area contributed by atoms with Crippen molar-refractivity contribution in [2.75, 3.05) is 0 Å². The molecule has 7 rings (SSSR count). The molecule has 7 aromatic rings. The van der Waals surface area contributed by atoms with Crippen LogP contribution in [0.25, 0.3) is 21.8 Å². The Balaban J connectivity index is 1.02. The average Bonchev–Trinajstić information content (AvgIpc) is 3.17. The highest BCUT2D eigenvalue weighted by Gasteiger charge is 2.14. The van der Waals surface area contributed by atoms with Crippen molar-refractivity contribution in [3.8, 4) is 0 Å². The fourth-order valence-corrected chi connectivity index (χ4v) is 5.24. The van der Waals surface area contributed by atoms with Gasteiger partial charge in [-0.15, -0.1) is 0 Å². The molecular weight excluding hydrogens is 626 g/mol. The van der Waals surface area contributed by atoms with E-state index in [1.54, 1.807) is 48.5 Å². The maximum absolute atomic E-state index is 12.9. The number of azo groups is 2. The highest BCUT2D eigenvalue weighted by molar-refractivity contribution is 5.96. The second-order valence-electron chi connectivity index (χ2n) is 11.3. The SMILES string of the molecule is O=C(OCc1cccc2cc3cccc(COC(=O)c4ccc(N=Nc5ccccc5)cc4)c3nc12)c1ccc(N=Nc2ccccc2)cc1. The summed E-state index contributed by atoms with van der Waals surface area (Å²) >= 11 is 0. The first-order chi connectivity index (χ1) is 24.6. The number of carbonyl (C=O) groups excluding carboxylic acids is 2. The molecule has 0 saturated heterocycles. The Morgan fingerprint density at radius 1 is 0.440 bits per heavy atom. The van der Waals surface area contributed by atoms with E-state index in [-0.39, 0.29) is 13.2 Å². The molecule has 0 aliphatic heterocycles. The number of fused-ring (bicyclic) bond motifs is 2. The minimum absolute atomic E-state index is 0.0300. The zero-order chi connectivity index (χ0) is 34.1. The molecule has 0 unspecified atom stereocenters. The third kappa shape index (κ3) is 7.64. The first-order valence-corrected chi connectivity index (χ1v) is 15.9. The summed E-state index contributed by atoms with van der Waals surface area (Å²) in [5, 5.41) is 18.7. The topological polar surface area (TPSA) is 115 Å². The summed E-state index contributed by atoms with van der Waals surface area (Å²) < 4.78 is 11.4. The van der Waals surface area contributed by atoms with Crippen LogP contribution < -0.4 is 0 Å². The average molecular weight is 656 g/mol. The molecule has 0 amide bonds. The number of para-hydroxylation sites is 2. The Labute approximate surface area is 287 Å². The van der Waals surface area contributed by atoms with Crippen LogP contribution in [0.4, 0.5) is 22.7 Å². The Morgan fingerprint density at radius 2 is 0.820 bits per heavy atom. The molecule has 0 fully saturated rings. The van der Waals surface area contributed by atoms with E-state index < -0.39 is 11.9 Å². The van der Waals surface area contributed by atoms with Gasteiger partial charge in [-0.3, -0.25) is 0 Å². The van der Waals surface area contributed by atoms with Gasteiger partial charge in [-0.05, 0) is 78.9 Å². The summed E-state index contributed by atoms with van der Waals surface area (Å²) in [7, 11) is 0. The number of carbonyl (C=O) groups is 2. The van der Waals surface area contributed by atoms with E-state index >= 15 is 0 Å². The van der Waals surface area contributed by atoms with Crippen molar-refractivity contribution in [3.05, 3.63) is 174 Å². The summed E-state index contributed by atoms with van der Waals surface area (Å²) in [4.78, 5) is 30.8. The lowest BCUT2D eigenvalue weighted by molar-refractivity contribution is 0.0466. The van der Waals surface area contributed by atoms with E-state index in [1.165, 1.54) is 0 Å². The van der Waals surface area contributed by atoms with E-state index in [0.29, 0.717) is 33.5 Å². The molecule has 50 heavy (non-hydrogen) atoms. The number of hydrogen-bond acceptors (Lipinski definition) is 9. The number of hydrogen-bond donors (Lipinski definition) is 0. The predicted molar refractivity (Wildman–Crippen MR) is 192 cm³/mol. The van der Waals surface area contributed by atoms with E-state index in [0.717, 1.165) is 33.3 Å². The van der Waals surface area contributed by atoms with Crippen LogP contribution in [-0.2, 0) is 22.7 Å². The van der Waals surface area contributed by atoms with Crippen LogP contribution in [0.1, 0.15) is 31.8 Å². The van der Waals surface area contributed by atoms with Crippen molar-refractivity contribution in [2.24, 2.45) is 20.5 Å². The molecular formula is C41H29N5O4. The van der Waals surface area contributed by atoms with Crippen molar-refractivity contribution in [1.82, 2.24) is 4.98 Å². The van der Waals surface area contributed by atoms with Crippen molar-refractivity contribution < 1.29 is 19.1 Å². The van der Waals surface area contributed by atoms with Gasteiger partial charge < -0.3 is 9.47 Å². The number of ether oxygens (including phenoxy) is 2. The van der Waals surface area contributed by atoms with E-state index in [1.807, 2.05) is 103 Å². The highest BCUT2D eigenvalue weighted by atomic mass is 16.5. The smallest absolute Gasteiger partial charge is 0.338 e. The molecule has 242 valence electrons. The fraction of sp³-hybridized carbons (Fsp3) is 0.0488. The fourth-order valence-electron chi connectivity index (χ4n) is 5.24. The Morgan fingerprint density at radius 3 is 1.22 bits per heavy atom. The van der Waals surface area contributed by atoms with E-state index in [4.69, 9.17) is 14.5 Å². The normalized spacial score (nSPS) is 11.4. The van der Waals surface area contributed by atoms with Gasteiger partial charge in [0.25, 0.3) is 0 Å². The molecule has 0 aliphatic carbocycles. The predicted octanol–water partition coefficient (Wildman–Crippen LogP) is 10.9. The van der Waals surface area contributed by atoms with Crippen LogP contribution in [0.5, 0.6) is 0 Å². The number of nitrogens with zero attached hydrogens (tertiary/aromatic N) is 5. The summed E-state index contributed by atoms with van der Waals surface area (Å²) in [6.07, 6.45) is 0. The van der Waals surface area contributed by atoms with Gasteiger partial charge in [0, 0.05) is 21.9 Å². The van der Waals surface area contributed by atoms with Crippen LogP contribution in [0, 0.1) is 0 Å². The lowest BCUT2D eigenvalue weighted by Gasteiger charge is -2.11. The van der Waals surface area contributed by atoms with E-state index in [2.05, 4.69) is 20.5 Å². The standard InChI is InChI=1S/C41H29N5O4/c47-40(28-17-21-36(22-18-28)45-43-34-13-3-1-4-14-34)49-26-32-11-7-9-30-25-31-10-8-12-33(39(31)42-38(30)32)27-50-41(48)29-19-23-37(24-20-29)46-44-35-15-5-2-6-16-35/h1-25H,26-27H2. The first kappa shape index (κ1) is 31.7. The Kier molecular flexibility index (Phi) is 9.46. The molecule has 0 saturated carbocycles. The van der Waals surface area contributed by atoms with Crippen molar-refractivity contribution in [2.45, 2.75) is 13.2 Å². The number of pyridine rings is 1. The second-order valence-corrected chi connectivity index (χ2v) is 11.3. The maximum atomic E-state index is 12.9. The van der Waals surface area contributed by atoms with E-state index in [9.17, 15) is 9.59 Å². The lowest BCUT2D eigenvalue weighted by atomic mass is 10.0. The van der Waals surface area contributed by atoms with Crippen LogP contribution >= 0.6 is 0 Å². The maximum Gasteiger partial charge on any atom is 0.338 e. The highest BCUT2D eigenvalue weighted by Crippen LogP contribution is 2.27. The third-order valence-electron chi connectivity index (χ3n) is 7.83. The Bertz CT molecular complexity index is 2180. The molecule has 0 aliphatic rings. The minimum atomic E-state index is -0.464. The number of benzene rings is 6. The van der Waals surface area contributed by atoms with Crippen LogP contribution in [0.2, 0.25) is 0 Å². The zero-order valence-electron chi connectivity index (χ0n) is 26.7. The van der Waals surface area contributed by atoms with Crippen LogP contribution in [-0.4, -0.2) is 16.9 Å². The monoisotopic (exact) mass is 655 g/mol. The third-order valence-corrected chi connectivity index (χ3v) is 7.83. The summed E-state index contributed by atoms with van der Waals surface area (Å²) in [5.41, 5.74) is 6.43. The quantitative estimate of drug-likeness (QED) is 0.0826. The molecule has 0 spiro atoms. The zero-order valence-corrected chi connectivity index (χ0v) is 26.7. The number of esters is 2. The minimum Gasteiger partial charge on any atom is -0.457 e. The van der Waals surface area contributed by atoms with Crippen LogP contribution in [0.15, 0.2) is 172 Å². The van der Waals surface area contributed by atoms with Crippen molar-refractivity contribution >= 4 is 56.5 Å². The van der Waals surface area contributed by atoms with Crippen molar-refractivity contribution in [1.29, 1.82) is 0 Å². The largest absolute Gasteiger partial charge is 0.457 e. The summed E-state index contributed by atoms with van der Waals surface area (Å²) in [5.74, 6) is -0.927. The van der Waals surface area contributed by atoms with Gasteiger partial charge in [0.1, 0.15) is 13.2 Å². The molecule has 1 heterocycles. The molecule has 1 aromatic heterocycles. The molecule has 0 bridgehead atoms. The second kappa shape index (κ2) is 14.9. The molecule has 0 atom stereocenters. The van der Waals surface area contributed by atoms with Gasteiger partial charge in [0.05, 0.1) is 44.9 Å². The number of rotatable bonds is 10. The summed E-state index contributed by atoms with van der Waals surface area (Å²) in [6, 6.07) is 45.9. The van der Waals surface area contributed by atoms with Gasteiger partial charge in [0.2, 0.25) is 0 Å². The first-order valence-electron chi connectivity index (χ1n) is 15.9. The summed E-state index contributed by atoms with van der Waals surface area (Å²) in [6.45, 7) is 0.0599. The number of aromatic nitrogens is 1. The van der Waals surface area contributed by atoms with Gasteiger partial charge in [-0.2, -0.15) is 20.5 Å². The molecule has 6 aromatic carbocycles. The van der Waals surface area contributed by atoms with Gasteiger partial charge in [-0.1, -0.05) is 72.8 Å². The van der Waals surface area contributed by atoms with Crippen molar-refractivity contribution in [3.63, 3.8) is 0 Å². The molecule has 0 radical (unpaired) electrons. The van der Waals surface area contributed by atoms with Gasteiger partial charge >= 0.3 is 11.9 Å². The van der Waals surface area contributed by atoms with Gasteiger partial charge in [-0.25, -0.2) is 14.6 Å². The Hall–Kier alpha value is -6.87.